The van der Waals surface area contributed by atoms with Crippen LogP contribution in [-0.2, 0) is 11.2 Å². The number of hydrogen-bond donors (Lipinski definition) is 3. The van der Waals surface area contributed by atoms with Crippen LogP contribution < -0.4 is 5.56 Å². The Labute approximate surface area is 189 Å². The average molecular weight is 485 g/mol. The zero-order valence-corrected chi connectivity index (χ0v) is 19.6. The van der Waals surface area contributed by atoms with Crippen LogP contribution in [0.25, 0.3) is 16.6 Å². The molecule has 2 aliphatic rings. The van der Waals surface area contributed by atoms with E-state index in [1.165, 1.54) is 12.8 Å². The van der Waals surface area contributed by atoms with Crippen molar-refractivity contribution in [1.29, 1.82) is 5.41 Å². The van der Waals surface area contributed by atoms with E-state index >= 15 is 0 Å². The number of likely N-dealkylation sites (N-methyl/N-ethyl adjacent to an activating group) is 1. The van der Waals surface area contributed by atoms with Crippen LogP contribution in [0, 0.1) is 10.8 Å². The summed E-state index contributed by atoms with van der Waals surface area (Å²) in [6.45, 7) is 0. The number of H-pyrrole nitrogens is 1. The second-order valence-electron chi connectivity index (χ2n) is 9.12. The first-order chi connectivity index (χ1) is 14.3. The molecular formula is C23H25BrN4OS. The maximum atomic E-state index is 13.2. The van der Waals surface area contributed by atoms with Crippen molar-refractivity contribution in [3.05, 3.63) is 62.6 Å². The van der Waals surface area contributed by atoms with Gasteiger partial charge in [0.1, 0.15) is 11.4 Å². The maximum absolute atomic E-state index is 13.2. The van der Waals surface area contributed by atoms with Crippen LogP contribution in [0.3, 0.4) is 0 Å². The largest absolute Gasteiger partial charge is 0.366 e. The third-order valence-electron chi connectivity index (χ3n) is 6.86. The molecule has 2 heterocycles. The van der Waals surface area contributed by atoms with Gasteiger partial charge in [-0.05, 0) is 70.8 Å². The second-order valence-corrected chi connectivity index (χ2v) is 10.3. The summed E-state index contributed by atoms with van der Waals surface area (Å²) in [5, 5.41) is 9.68. The van der Waals surface area contributed by atoms with E-state index in [-0.39, 0.29) is 11.0 Å². The van der Waals surface area contributed by atoms with Crippen LogP contribution in [0.2, 0.25) is 0 Å². The number of benzene rings is 1. The summed E-state index contributed by atoms with van der Waals surface area (Å²) in [6, 6.07) is 10.1. The highest BCUT2D eigenvalue weighted by molar-refractivity contribution is 9.10. The Balaban J connectivity index is 1.63. The molecule has 0 radical (unpaired) electrons. The van der Waals surface area contributed by atoms with E-state index < -0.39 is 0 Å². The highest BCUT2D eigenvalue weighted by atomic mass is 79.9. The van der Waals surface area contributed by atoms with Crippen LogP contribution in [0.4, 0.5) is 0 Å². The van der Waals surface area contributed by atoms with Crippen molar-refractivity contribution in [3.8, 4) is 5.69 Å². The molecule has 2 saturated carbocycles. The van der Waals surface area contributed by atoms with Crippen molar-refractivity contribution in [2.24, 2.45) is 5.41 Å². The Morgan fingerprint density at radius 2 is 2.03 bits per heavy atom. The molecule has 7 heteroatoms. The molecule has 0 unspecified atom stereocenters. The molecule has 0 saturated heterocycles. The normalized spacial score (nSPS) is 18.4. The molecule has 2 fully saturated rings. The van der Waals surface area contributed by atoms with Gasteiger partial charge in [-0.1, -0.05) is 12.1 Å². The lowest BCUT2D eigenvalue weighted by molar-refractivity contribution is 0.171. The molecule has 2 aliphatic carbocycles. The molecule has 0 aliphatic heterocycles. The van der Waals surface area contributed by atoms with Gasteiger partial charge in [0.25, 0.3) is 5.56 Å². The molecule has 1 aromatic carbocycles. The predicted molar refractivity (Wildman–Crippen MR) is 128 cm³/mol. The molecule has 30 heavy (non-hydrogen) atoms. The number of fused-ring (bicyclic) bond motifs is 1. The van der Waals surface area contributed by atoms with Gasteiger partial charge in [0.05, 0.1) is 5.41 Å². The number of aromatic nitrogens is 2. The van der Waals surface area contributed by atoms with E-state index in [1.807, 2.05) is 43.4 Å². The molecule has 0 bridgehead atoms. The number of thiol groups is 1. The van der Waals surface area contributed by atoms with Gasteiger partial charge in [-0.2, -0.15) is 12.6 Å². The zero-order valence-electron chi connectivity index (χ0n) is 17.1. The predicted octanol–water partition coefficient (Wildman–Crippen LogP) is 4.86. The minimum absolute atomic E-state index is 0.0811. The number of rotatable bonds is 4. The summed E-state index contributed by atoms with van der Waals surface area (Å²) in [5.74, 6) is 1.21. The third kappa shape index (κ3) is 2.89. The SMILES string of the molecule is CN(C)C(=N)C1(c2cccc(-n3cc(Br)c4cc(CS)[nH]c4c3=O)c2)CC2(CC2)C1. The van der Waals surface area contributed by atoms with E-state index in [4.69, 9.17) is 5.41 Å². The van der Waals surface area contributed by atoms with E-state index in [0.29, 0.717) is 22.5 Å². The van der Waals surface area contributed by atoms with Gasteiger partial charge in [-0.25, -0.2) is 0 Å². The Bertz CT molecular complexity index is 1230. The van der Waals surface area contributed by atoms with Gasteiger partial charge < -0.3 is 9.88 Å². The number of nitrogens with zero attached hydrogens (tertiary/aromatic N) is 2. The van der Waals surface area contributed by atoms with Gasteiger partial charge >= 0.3 is 0 Å². The average Bonchev–Trinajstić information content (AvgIpc) is 3.37. The van der Waals surface area contributed by atoms with Gasteiger partial charge in [0.15, 0.2) is 0 Å². The molecule has 2 N–H and O–H groups in total. The number of halogens is 1. The van der Waals surface area contributed by atoms with E-state index in [0.717, 1.165) is 39.6 Å². The number of nitrogens with one attached hydrogen (secondary N) is 2. The van der Waals surface area contributed by atoms with Crippen LogP contribution in [-0.4, -0.2) is 34.4 Å². The van der Waals surface area contributed by atoms with Gasteiger partial charge in [0, 0.05) is 47.3 Å². The molecule has 1 spiro atoms. The quantitative estimate of drug-likeness (QED) is 0.281. The Morgan fingerprint density at radius 1 is 1.30 bits per heavy atom. The van der Waals surface area contributed by atoms with Crippen molar-refractivity contribution >= 4 is 45.3 Å². The third-order valence-corrected chi connectivity index (χ3v) is 7.84. The first-order valence-corrected chi connectivity index (χ1v) is 11.6. The summed E-state index contributed by atoms with van der Waals surface area (Å²) < 4.78 is 2.55. The second kappa shape index (κ2) is 6.76. The van der Waals surface area contributed by atoms with Gasteiger partial charge in [-0.3, -0.25) is 14.8 Å². The van der Waals surface area contributed by atoms with Crippen molar-refractivity contribution in [2.75, 3.05) is 14.1 Å². The Hall–Kier alpha value is -1.99. The summed E-state index contributed by atoms with van der Waals surface area (Å²) >= 11 is 7.95. The first kappa shape index (κ1) is 19.9. The molecule has 5 rings (SSSR count). The molecule has 5 nitrogen and oxygen atoms in total. The Morgan fingerprint density at radius 3 is 2.67 bits per heavy atom. The van der Waals surface area contributed by atoms with Gasteiger partial charge in [-0.15, -0.1) is 0 Å². The molecule has 156 valence electrons. The van der Waals surface area contributed by atoms with E-state index in [9.17, 15) is 4.79 Å². The van der Waals surface area contributed by atoms with Crippen molar-refractivity contribution in [3.63, 3.8) is 0 Å². The number of hydrogen-bond acceptors (Lipinski definition) is 3. The summed E-state index contributed by atoms with van der Waals surface area (Å²) in [6.07, 6.45) is 6.45. The molecule has 0 amide bonds. The topological polar surface area (TPSA) is 64.9 Å². The smallest absolute Gasteiger partial charge is 0.279 e. The fourth-order valence-electron chi connectivity index (χ4n) is 5.15. The van der Waals surface area contributed by atoms with E-state index in [1.54, 1.807) is 4.57 Å². The maximum Gasteiger partial charge on any atom is 0.279 e. The highest BCUT2D eigenvalue weighted by Gasteiger charge is 2.63. The van der Waals surface area contributed by atoms with Crippen molar-refractivity contribution in [2.45, 2.75) is 36.9 Å². The summed E-state index contributed by atoms with van der Waals surface area (Å²) in [7, 11) is 3.90. The Kier molecular flexibility index (Phi) is 4.49. The monoisotopic (exact) mass is 484 g/mol. The number of aromatic amines is 1. The summed E-state index contributed by atoms with van der Waals surface area (Å²) in [4.78, 5) is 18.4. The highest BCUT2D eigenvalue weighted by Crippen LogP contribution is 2.69. The van der Waals surface area contributed by atoms with Crippen LogP contribution in [0.1, 0.15) is 36.9 Å². The lowest BCUT2D eigenvalue weighted by Crippen LogP contribution is -2.53. The van der Waals surface area contributed by atoms with Crippen molar-refractivity contribution in [1.82, 2.24) is 14.5 Å². The number of pyridine rings is 1. The zero-order chi connectivity index (χ0) is 21.3. The van der Waals surface area contributed by atoms with Gasteiger partial charge in [0.2, 0.25) is 0 Å². The van der Waals surface area contributed by atoms with Crippen LogP contribution in [0.5, 0.6) is 0 Å². The molecule has 2 aromatic heterocycles. The fourth-order valence-corrected chi connectivity index (χ4v) is 5.84. The minimum atomic E-state index is -0.257. The van der Waals surface area contributed by atoms with Crippen molar-refractivity contribution < 1.29 is 0 Å². The fraction of sp³-hybridized carbons (Fsp3) is 0.391. The molecule has 3 aromatic rings. The van der Waals surface area contributed by atoms with E-state index in [2.05, 4.69) is 45.7 Å². The van der Waals surface area contributed by atoms with Crippen LogP contribution in [0.15, 0.2) is 45.8 Å². The number of amidine groups is 1. The summed E-state index contributed by atoms with van der Waals surface area (Å²) in [5.41, 5.74) is 3.56. The standard InChI is InChI=1S/C23H25BrN4OS/c1-27(2)21(25)23(12-22(13-23)6-7-22)14-4-3-5-16(8-14)28-10-18(24)17-9-15(11-30)26-19(17)20(28)29/h3-5,8-10,25-26,30H,6-7,11-13H2,1-2H3. The lowest BCUT2D eigenvalue weighted by atomic mass is 9.55. The molecule has 0 atom stereocenters. The minimum Gasteiger partial charge on any atom is -0.366 e. The lowest BCUT2D eigenvalue weighted by Gasteiger charge is -2.51. The van der Waals surface area contributed by atoms with Crippen LogP contribution >= 0.6 is 28.6 Å². The molecular weight excluding hydrogens is 460 g/mol. The first-order valence-electron chi connectivity index (χ1n) is 10.2.